The van der Waals surface area contributed by atoms with Gasteiger partial charge in [-0.05, 0) is 47.1 Å². The molecule has 182 valence electrons. The summed E-state index contributed by atoms with van der Waals surface area (Å²) in [5.74, 6) is 0.695. The minimum atomic E-state index is -0.714. The molecule has 10 heteroatoms. The standard InChI is InChI=1S/C24H31N5O5/c1-23(2,3)32-21(30)26-18(13-17-14-29(15-25-17)22(31)33-24(4,5)6)20-27-19(28-34-20)12-16-10-8-7-9-11-16/h7-11,14-15,18H,12-13H2,1-6H3,(H,26,30)/t18-/m0/s1. The van der Waals surface area contributed by atoms with E-state index in [2.05, 4.69) is 20.4 Å². The van der Waals surface area contributed by atoms with E-state index in [0.717, 1.165) is 5.56 Å². The van der Waals surface area contributed by atoms with Crippen LogP contribution in [0.25, 0.3) is 0 Å². The van der Waals surface area contributed by atoms with E-state index >= 15 is 0 Å². The average Bonchev–Trinajstić information content (AvgIpc) is 3.35. The number of aromatic nitrogens is 4. The molecule has 0 saturated heterocycles. The summed E-state index contributed by atoms with van der Waals surface area (Å²) < 4.78 is 17.5. The molecule has 0 aliphatic rings. The lowest BCUT2D eigenvalue weighted by Gasteiger charge is -2.22. The Kier molecular flexibility index (Phi) is 7.38. The Labute approximate surface area is 198 Å². The molecule has 0 aliphatic heterocycles. The maximum Gasteiger partial charge on any atom is 0.419 e. The number of imidazole rings is 1. The number of nitrogens with one attached hydrogen (secondary N) is 1. The second-order valence-corrected chi connectivity index (χ2v) is 9.87. The summed E-state index contributed by atoms with van der Waals surface area (Å²) in [7, 11) is 0. The number of nitrogens with zero attached hydrogens (tertiary/aromatic N) is 4. The van der Waals surface area contributed by atoms with Gasteiger partial charge >= 0.3 is 12.2 Å². The van der Waals surface area contributed by atoms with Gasteiger partial charge < -0.3 is 19.3 Å². The van der Waals surface area contributed by atoms with Gasteiger partial charge in [0, 0.05) is 19.0 Å². The minimum Gasteiger partial charge on any atom is -0.444 e. The lowest BCUT2D eigenvalue weighted by molar-refractivity contribution is 0.0489. The molecule has 1 N–H and O–H groups in total. The molecule has 0 saturated carbocycles. The van der Waals surface area contributed by atoms with E-state index in [4.69, 9.17) is 14.0 Å². The Morgan fingerprint density at radius 3 is 2.38 bits per heavy atom. The van der Waals surface area contributed by atoms with Gasteiger partial charge in [0.05, 0.1) is 5.69 Å². The molecular formula is C24H31N5O5. The molecule has 1 atom stereocenters. The zero-order valence-corrected chi connectivity index (χ0v) is 20.4. The zero-order chi connectivity index (χ0) is 24.9. The van der Waals surface area contributed by atoms with Gasteiger partial charge in [-0.2, -0.15) is 4.98 Å². The maximum absolute atomic E-state index is 12.5. The van der Waals surface area contributed by atoms with Crippen LogP contribution in [0.1, 0.15) is 70.6 Å². The number of carbonyl (C=O) groups is 2. The van der Waals surface area contributed by atoms with E-state index < -0.39 is 29.4 Å². The van der Waals surface area contributed by atoms with Crippen LogP contribution in [0.3, 0.4) is 0 Å². The maximum atomic E-state index is 12.5. The topological polar surface area (TPSA) is 121 Å². The number of benzene rings is 1. The highest BCUT2D eigenvalue weighted by atomic mass is 16.6. The van der Waals surface area contributed by atoms with E-state index in [-0.39, 0.29) is 12.3 Å². The third-order valence-electron chi connectivity index (χ3n) is 4.33. The van der Waals surface area contributed by atoms with Crippen molar-refractivity contribution in [2.45, 2.75) is 71.6 Å². The molecule has 0 bridgehead atoms. The number of rotatable bonds is 6. The third-order valence-corrected chi connectivity index (χ3v) is 4.33. The van der Waals surface area contributed by atoms with Gasteiger partial charge in [0.15, 0.2) is 5.82 Å². The van der Waals surface area contributed by atoms with Crippen molar-refractivity contribution >= 4 is 12.2 Å². The van der Waals surface area contributed by atoms with E-state index in [9.17, 15) is 9.59 Å². The molecule has 0 unspecified atom stereocenters. The Morgan fingerprint density at radius 1 is 1.06 bits per heavy atom. The van der Waals surface area contributed by atoms with Crippen LogP contribution >= 0.6 is 0 Å². The molecule has 34 heavy (non-hydrogen) atoms. The first-order valence-electron chi connectivity index (χ1n) is 11.0. The summed E-state index contributed by atoms with van der Waals surface area (Å²) in [4.78, 5) is 33.5. The Balaban J connectivity index is 1.78. The second kappa shape index (κ2) is 10.1. The zero-order valence-electron chi connectivity index (χ0n) is 20.4. The van der Waals surface area contributed by atoms with Crippen molar-refractivity contribution in [1.82, 2.24) is 25.0 Å². The number of carbonyl (C=O) groups excluding carboxylic acids is 2. The van der Waals surface area contributed by atoms with Crippen molar-refractivity contribution < 1.29 is 23.6 Å². The van der Waals surface area contributed by atoms with Crippen molar-refractivity contribution in [3.63, 3.8) is 0 Å². The van der Waals surface area contributed by atoms with Crippen molar-refractivity contribution in [3.8, 4) is 0 Å². The van der Waals surface area contributed by atoms with Crippen LogP contribution in [0.15, 0.2) is 47.4 Å². The van der Waals surface area contributed by atoms with Gasteiger partial charge in [0.1, 0.15) is 23.6 Å². The highest BCUT2D eigenvalue weighted by Gasteiger charge is 2.26. The predicted octanol–water partition coefficient (Wildman–Crippen LogP) is 4.45. The molecule has 0 spiro atoms. The number of hydrogen-bond acceptors (Lipinski definition) is 8. The molecular weight excluding hydrogens is 438 g/mol. The van der Waals surface area contributed by atoms with Crippen molar-refractivity contribution in [1.29, 1.82) is 0 Å². The van der Waals surface area contributed by atoms with E-state index in [1.807, 2.05) is 30.3 Å². The molecule has 1 amide bonds. The van der Waals surface area contributed by atoms with E-state index in [1.165, 1.54) is 10.9 Å². The van der Waals surface area contributed by atoms with Crippen LogP contribution < -0.4 is 5.32 Å². The normalized spacial score (nSPS) is 12.8. The third kappa shape index (κ3) is 7.72. The largest absolute Gasteiger partial charge is 0.444 e. The Bertz CT molecular complexity index is 1110. The molecule has 3 rings (SSSR count). The summed E-state index contributed by atoms with van der Waals surface area (Å²) >= 11 is 0. The summed E-state index contributed by atoms with van der Waals surface area (Å²) in [5.41, 5.74) is 0.235. The van der Waals surface area contributed by atoms with E-state index in [1.54, 1.807) is 47.7 Å². The molecule has 0 fully saturated rings. The van der Waals surface area contributed by atoms with Crippen molar-refractivity contribution in [3.05, 3.63) is 65.8 Å². The average molecular weight is 470 g/mol. The van der Waals surface area contributed by atoms with Crippen LogP contribution in [-0.2, 0) is 22.3 Å². The molecule has 3 aromatic rings. The molecule has 0 aliphatic carbocycles. The first-order chi connectivity index (χ1) is 15.9. The van der Waals surface area contributed by atoms with Crippen LogP contribution in [0.2, 0.25) is 0 Å². The van der Waals surface area contributed by atoms with Gasteiger partial charge in [-0.15, -0.1) is 0 Å². The summed E-state index contributed by atoms with van der Waals surface area (Å²) in [6, 6.07) is 9.02. The van der Waals surface area contributed by atoms with Crippen LogP contribution in [0.5, 0.6) is 0 Å². The Hall–Kier alpha value is -3.69. The monoisotopic (exact) mass is 469 g/mol. The number of amides is 1. The molecule has 0 radical (unpaired) electrons. The SMILES string of the molecule is CC(C)(C)OC(=O)N[C@@H](Cc1cn(C(=O)OC(C)(C)C)cn1)c1nc(Cc2ccccc2)no1. The highest BCUT2D eigenvalue weighted by molar-refractivity contribution is 5.70. The summed E-state index contributed by atoms with van der Waals surface area (Å²) in [6.07, 6.45) is 2.40. The first kappa shape index (κ1) is 24.9. The molecule has 2 aromatic heterocycles. The fourth-order valence-corrected chi connectivity index (χ4v) is 3.00. The summed E-state index contributed by atoms with van der Waals surface area (Å²) in [5, 5.41) is 6.82. The second-order valence-electron chi connectivity index (χ2n) is 9.87. The Morgan fingerprint density at radius 2 is 1.74 bits per heavy atom. The van der Waals surface area contributed by atoms with Crippen molar-refractivity contribution in [2.75, 3.05) is 0 Å². The van der Waals surface area contributed by atoms with Crippen LogP contribution in [0.4, 0.5) is 9.59 Å². The smallest absolute Gasteiger partial charge is 0.419 e. The van der Waals surface area contributed by atoms with Crippen LogP contribution in [0, 0.1) is 0 Å². The van der Waals surface area contributed by atoms with E-state index in [0.29, 0.717) is 17.9 Å². The minimum absolute atomic E-state index is 0.196. The molecule has 1 aromatic carbocycles. The quantitative estimate of drug-likeness (QED) is 0.562. The van der Waals surface area contributed by atoms with Gasteiger partial charge in [0.25, 0.3) is 0 Å². The molecule has 2 heterocycles. The predicted molar refractivity (Wildman–Crippen MR) is 123 cm³/mol. The van der Waals surface area contributed by atoms with Gasteiger partial charge in [0.2, 0.25) is 5.89 Å². The lowest BCUT2D eigenvalue weighted by Crippen LogP contribution is -2.36. The molecule has 10 nitrogen and oxygen atoms in total. The van der Waals surface area contributed by atoms with Crippen LogP contribution in [-0.4, -0.2) is 43.1 Å². The van der Waals surface area contributed by atoms with Gasteiger partial charge in [-0.25, -0.2) is 19.1 Å². The fourth-order valence-electron chi connectivity index (χ4n) is 3.00. The number of alkyl carbamates (subject to hydrolysis) is 1. The fraction of sp³-hybridized carbons (Fsp3) is 0.458. The lowest BCUT2D eigenvalue weighted by atomic mass is 10.1. The number of ether oxygens (including phenoxy) is 2. The van der Waals surface area contributed by atoms with Gasteiger partial charge in [-0.1, -0.05) is 35.5 Å². The first-order valence-corrected chi connectivity index (χ1v) is 11.0. The highest BCUT2D eigenvalue weighted by Crippen LogP contribution is 2.19. The van der Waals surface area contributed by atoms with Gasteiger partial charge in [-0.3, -0.25) is 0 Å². The van der Waals surface area contributed by atoms with Crippen molar-refractivity contribution in [2.24, 2.45) is 0 Å². The summed E-state index contributed by atoms with van der Waals surface area (Å²) in [6.45, 7) is 10.7. The number of hydrogen-bond donors (Lipinski definition) is 1.